The minimum absolute atomic E-state index is 0.0666. The number of alkyl carbamates (subject to hydrolysis) is 1. The van der Waals surface area contributed by atoms with E-state index in [-0.39, 0.29) is 23.9 Å². The van der Waals surface area contributed by atoms with E-state index in [0.717, 1.165) is 31.5 Å². The molecule has 2 amide bonds. The molecule has 0 unspecified atom stereocenters. The zero-order chi connectivity index (χ0) is 19.9. The van der Waals surface area contributed by atoms with Gasteiger partial charge in [0.15, 0.2) is 12.1 Å². The van der Waals surface area contributed by atoms with E-state index in [9.17, 15) is 14.4 Å². The molecule has 0 aromatic carbocycles. The van der Waals surface area contributed by atoms with Gasteiger partial charge in [-0.15, -0.1) is 0 Å². The van der Waals surface area contributed by atoms with Crippen LogP contribution in [0.3, 0.4) is 0 Å². The molecule has 1 aromatic rings. The molecular formula is C18H27N5O4. The fraction of sp³-hybridized carbons (Fsp3) is 0.611. The number of nitrogens with one attached hydrogen (secondary N) is 3. The van der Waals surface area contributed by atoms with Crippen LogP contribution < -0.4 is 16.0 Å². The van der Waals surface area contributed by atoms with Crippen molar-refractivity contribution >= 4 is 24.1 Å². The molecule has 0 spiro atoms. The van der Waals surface area contributed by atoms with Crippen molar-refractivity contribution in [3.63, 3.8) is 0 Å². The largest absolute Gasteiger partial charge is 0.444 e. The van der Waals surface area contributed by atoms with E-state index < -0.39 is 5.60 Å². The third-order valence-corrected chi connectivity index (χ3v) is 3.93. The number of carbonyl (C=O) groups is 3. The lowest BCUT2D eigenvalue weighted by Gasteiger charge is -2.26. The second-order valence-corrected chi connectivity index (χ2v) is 7.44. The van der Waals surface area contributed by atoms with Crippen molar-refractivity contribution in [1.82, 2.24) is 20.6 Å². The summed E-state index contributed by atoms with van der Waals surface area (Å²) in [6.07, 6.45) is 4.90. The van der Waals surface area contributed by atoms with Crippen molar-refractivity contribution in [2.45, 2.75) is 58.1 Å². The van der Waals surface area contributed by atoms with Crippen molar-refractivity contribution in [3.05, 3.63) is 17.6 Å². The maximum absolute atomic E-state index is 11.4. The number of hydrogen-bond donors (Lipinski definition) is 3. The first-order valence-electron chi connectivity index (χ1n) is 9.08. The van der Waals surface area contributed by atoms with Crippen molar-refractivity contribution in [1.29, 1.82) is 0 Å². The third-order valence-electron chi connectivity index (χ3n) is 3.93. The maximum atomic E-state index is 11.4. The van der Waals surface area contributed by atoms with E-state index in [1.807, 2.05) is 20.8 Å². The number of amides is 2. The fourth-order valence-electron chi connectivity index (χ4n) is 2.65. The van der Waals surface area contributed by atoms with Gasteiger partial charge in [-0.2, -0.15) is 0 Å². The highest BCUT2D eigenvalue weighted by atomic mass is 16.6. The van der Waals surface area contributed by atoms with Gasteiger partial charge in [0.05, 0.1) is 0 Å². The molecule has 1 aromatic heterocycles. The molecule has 0 bridgehead atoms. The van der Waals surface area contributed by atoms with Gasteiger partial charge in [-0.3, -0.25) is 9.59 Å². The number of carbonyl (C=O) groups excluding carboxylic acids is 3. The van der Waals surface area contributed by atoms with Gasteiger partial charge < -0.3 is 20.7 Å². The minimum Gasteiger partial charge on any atom is -0.444 e. The van der Waals surface area contributed by atoms with Crippen LogP contribution in [-0.2, 0) is 16.0 Å². The maximum Gasteiger partial charge on any atom is 0.407 e. The van der Waals surface area contributed by atoms with Crippen LogP contribution in [0.1, 0.15) is 56.2 Å². The molecule has 3 N–H and O–H groups in total. The first kappa shape index (κ1) is 20.8. The Bertz CT molecular complexity index is 681. The molecular weight excluding hydrogens is 350 g/mol. The smallest absolute Gasteiger partial charge is 0.407 e. The number of aromatic nitrogens is 2. The Morgan fingerprint density at radius 1 is 1.30 bits per heavy atom. The summed E-state index contributed by atoms with van der Waals surface area (Å²) in [6, 6.07) is 0.270. The van der Waals surface area contributed by atoms with Gasteiger partial charge in [-0.05, 0) is 53.1 Å². The Balaban J connectivity index is 0.000000194. The molecule has 3 heterocycles. The monoisotopic (exact) mass is 377 g/mol. The minimum atomic E-state index is -0.406. The van der Waals surface area contributed by atoms with Crippen LogP contribution in [0.25, 0.3) is 0 Å². The van der Waals surface area contributed by atoms with Gasteiger partial charge in [0, 0.05) is 24.2 Å². The lowest BCUT2D eigenvalue weighted by molar-refractivity contribution is -0.116. The van der Waals surface area contributed by atoms with Gasteiger partial charge in [-0.1, -0.05) is 0 Å². The van der Waals surface area contributed by atoms with Crippen LogP contribution in [0.15, 0.2) is 6.20 Å². The second-order valence-electron chi connectivity index (χ2n) is 7.44. The van der Waals surface area contributed by atoms with Crippen LogP contribution >= 0.6 is 0 Å². The van der Waals surface area contributed by atoms with E-state index in [1.165, 1.54) is 0 Å². The first-order chi connectivity index (χ1) is 12.8. The molecule has 3 rings (SSSR count). The average molecular weight is 377 g/mol. The second kappa shape index (κ2) is 9.40. The van der Waals surface area contributed by atoms with Crippen LogP contribution in [0.4, 0.5) is 10.6 Å². The molecule has 9 heteroatoms. The van der Waals surface area contributed by atoms with Gasteiger partial charge >= 0.3 is 6.09 Å². The predicted molar refractivity (Wildman–Crippen MR) is 99.6 cm³/mol. The lowest BCUT2D eigenvalue weighted by Crippen LogP contribution is -2.44. The van der Waals surface area contributed by atoms with E-state index in [0.29, 0.717) is 24.9 Å². The van der Waals surface area contributed by atoms with Gasteiger partial charge in [0.25, 0.3) is 0 Å². The zero-order valence-electron chi connectivity index (χ0n) is 16.0. The molecule has 0 saturated carbocycles. The Labute approximate surface area is 158 Å². The van der Waals surface area contributed by atoms with Gasteiger partial charge in [0.1, 0.15) is 11.4 Å². The van der Waals surface area contributed by atoms with Crippen molar-refractivity contribution in [3.8, 4) is 0 Å². The quantitative estimate of drug-likeness (QED) is 0.667. The van der Waals surface area contributed by atoms with Gasteiger partial charge in [-0.25, -0.2) is 14.8 Å². The number of ether oxygens (including phenoxy) is 1. The van der Waals surface area contributed by atoms with Crippen molar-refractivity contribution < 1.29 is 19.1 Å². The van der Waals surface area contributed by atoms with Gasteiger partial charge in [0.2, 0.25) is 5.91 Å². The number of anilines is 1. The van der Waals surface area contributed by atoms with Crippen LogP contribution in [-0.4, -0.2) is 53.0 Å². The number of fused-ring (bicyclic) bond motifs is 1. The topological polar surface area (TPSA) is 122 Å². The Morgan fingerprint density at radius 3 is 2.63 bits per heavy atom. The highest BCUT2D eigenvalue weighted by Gasteiger charge is 2.20. The summed E-state index contributed by atoms with van der Waals surface area (Å²) in [4.78, 5) is 40.4. The summed E-state index contributed by atoms with van der Waals surface area (Å²) in [7, 11) is 0. The summed E-state index contributed by atoms with van der Waals surface area (Å²) in [5.41, 5.74) is 0.474. The Hall–Kier alpha value is -2.55. The zero-order valence-corrected chi connectivity index (χ0v) is 16.0. The fourth-order valence-corrected chi connectivity index (χ4v) is 2.65. The molecule has 148 valence electrons. The normalized spacial score (nSPS) is 16.9. The Kier molecular flexibility index (Phi) is 7.23. The molecule has 2 aliphatic heterocycles. The molecule has 1 fully saturated rings. The summed E-state index contributed by atoms with van der Waals surface area (Å²) in [5.74, 6) is 0.498. The average Bonchev–Trinajstić information content (AvgIpc) is 2.60. The summed E-state index contributed by atoms with van der Waals surface area (Å²) in [5, 5.41) is 8.70. The van der Waals surface area contributed by atoms with Crippen LogP contribution in [0.5, 0.6) is 0 Å². The van der Waals surface area contributed by atoms with Crippen LogP contribution in [0, 0.1) is 0 Å². The third kappa shape index (κ3) is 7.30. The number of hydrogen-bond acceptors (Lipinski definition) is 7. The molecule has 2 aliphatic rings. The number of piperidine rings is 1. The van der Waals surface area contributed by atoms with Crippen LogP contribution in [0.2, 0.25) is 0 Å². The number of nitrogens with zero attached hydrogens (tertiary/aromatic N) is 2. The highest BCUT2D eigenvalue weighted by Crippen LogP contribution is 2.18. The molecule has 0 radical (unpaired) electrons. The summed E-state index contributed by atoms with van der Waals surface area (Å²) in [6.45, 7) is 7.56. The SMILES string of the molecule is CC(C)(C)OC(=O)NC1CCNCC1.O=Cc1ncc2c(n1)NC(=O)CC2. The molecule has 0 aliphatic carbocycles. The van der Waals surface area contributed by atoms with Crippen molar-refractivity contribution in [2.75, 3.05) is 18.4 Å². The van der Waals surface area contributed by atoms with Crippen molar-refractivity contribution in [2.24, 2.45) is 0 Å². The molecule has 27 heavy (non-hydrogen) atoms. The summed E-state index contributed by atoms with van der Waals surface area (Å²) >= 11 is 0. The molecule has 0 atom stereocenters. The Morgan fingerprint density at radius 2 is 2.00 bits per heavy atom. The highest BCUT2D eigenvalue weighted by molar-refractivity contribution is 5.92. The molecule has 1 saturated heterocycles. The standard InChI is InChI=1S/C10H20N2O2.C8H7N3O2/c1-10(2,3)14-9(13)12-8-4-6-11-7-5-8;12-4-6-9-3-5-1-2-7(13)11-8(5)10-6/h8,11H,4-7H2,1-3H3,(H,12,13);3-4H,1-2H2,(H,9,10,11,13). The number of rotatable bonds is 2. The predicted octanol–water partition coefficient (Wildman–Crippen LogP) is 1.44. The molecule has 9 nitrogen and oxygen atoms in total. The number of aldehydes is 1. The number of aryl methyl sites for hydroxylation is 1. The van der Waals surface area contributed by atoms with E-state index in [2.05, 4.69) is 25.9 Å². The van der Waals surface area contributed by atoms with E-state index in [4.69, 9.17) is 4.74 Å². The van der Waals surface area contributed by atoms with E-state index >= 15 is 0 Å². The first-order valence-corrected chi connectivity index (χ1v) is 9.08. The lowest BCUT2D eigenvalue weighted by atomic mass is 10.1. The summed E-state index contributed by atoms with van der Waals surface area (Å²) < 4.78 is 5.17. The van der Waals surface area contributed by atoms with E-state index in [1.54, 1.807) is 6.20 Å².